The Kier molecular flexibility index (Phi) is 7.27. The molecule has 2 aliphatic heterocycles. The summed E-state index contributed by atoms with van der Waals surface area (Å²) in [6.07, 6.45) is 0. The minimum absolute atomic E-state index is 0.442. The van der Waals surface area contributed by atoms with Crippen molar-refractivity contribution >= 4 is 47.9 Å². The van der Waals surface area contributed by atoms with Crippen LogP contribution in [0.1, 0.15) is 22.3 Å². The van der Waals surface area contributed by atoms with Gasteiger partial charge in [0.1, 0.15) is 0 Å². The van der Waals surface area contributed by atoms with Crippen LogP contribution in [-0.2, 0) is 5.41 Å². The first-order chi connectivity index (χ1) is 31.3. The molecule has 2 spiro atoms. The van der Waals surface area contributed by atoms with Gasteiger partial charge in [0.05, 0.1) is 0 Å². The van der Waals surface area contributed by atoms with E-state index in [0.29, 0.717) is 0 Å². The van der Waals surface area contributed by atoms with Gasteiger partial charge in [0.2, 0.25) is 0 Å². The molecule has 10 aromatic rings. The predicted molar refractivity (Wildman–Crippen MR) is 264 cm³/mol. The summed E-state index contributed by atoms with van der Waals surface area (Å²) in [7, 11) is 0. The van der Waals surface area contributed by atoms with Crippen LogP contribution in [0.4, 0.5) is 17.1 Å². The summed E-state index contributed by atoms with van der Waals surface area (Å²) in [5.74, 6) is 0. The molecule has 0 fully saturated rings. The van der Waals surface area contributed by atoms with Gasteiger partial charge in [0.15, 0.2) is 0 Å². The molecule has 2 aliphatic carbocycles. The normalized spacial score (nSPS) is 14.3. The zero-order chi connectivity index (χ0) is 41.3. The summed E-state index contributed by atoms with van der Waals surface area (Å²) in [5, 5.41) is 0. The van der Waals surface area contributed by atoms with Crippen molar-refractivity contribution in [3.05, 3.63) is 259 Å². The third-order valence-corrected chi connectivity index (χ3v) is 25.1. The molecule has 0 saturated heterocycles. The van der Waals surface area contributed by atoms with Gasteiger partial charge in [-0.25, -0.2) is 0 Å². The second-order valence-electron chi connectivity index (χ2n) is 17.5. The van der Waals surface area contributed by atoms with E-state index in [9.17, 15) is 0 Å². The first kappa shape index (κ1) is 35.2. The van der Waals surface area contributed by atoms with E-state index < -0.39 is 18.7 Å². The fourth-order valence-corrected chi connectivity index (χ4v) is 24.2. The summed E-state index contributed by atoms with van der Waals surface area (Å²) < 4.78 is 6.13. The maximum atomic E-state index is 2.60. The van der Waals surface area contributed by atoms with Gasteiger partial charge in [0.25, 0.3) is 0 Å². The van der Waals surface area contributed by atoms with Crippen molar-refractivity contribution in [2.24, 2.45) is 0 Å². The Hall–Kier alpha value is -7.46. The first-order valence-corrected chi connectivity index (χ1v) is 26.3. The molecule has 0 radical (unpaired) electrons. The third kappa shape index (κ3) is 4.52. The van der Waals surface area contributed by atoms with Crippen LogP contribution in [0.5, 0.6) is 0 Å². The second-order valence-corrected chi connectivity index (χ2v) is 25.2. The van der Waals surface area contributed by atoms with Gasteiger partial charge in [-0.05, 0) is 0 Å². The van der Waals surface area contributed by atoms with E-state index in [1.807, 2.05) is 0 Å². The standard InChI is InChI=1S/C61H39GeN/c1-2-17-40(18-3-1)41-19-16-20-42(37-41)63(43-33-35-48-47-23-6-12-29-55(47)61(56(48)38-43)53-27-10-4-21-45(53)46-22-5-11-28-54(46)61)44-34-36-52-51-26-9-15-32-59(51)62(60(52)39-44)57-30-13-7-24-49(57)50-25-8-14-31-58(50)62/h1-39H. The average molecular weight is 859 g/mol. The van der Waals surface area contributed by atoms with E-state index in [1.54, 1.807) is 0 Å². The molecule has 2 heteroatoms. The van der Waals surface area contributed by atoms with Gasteiger partial charge in [0, 0.05) is 0 Å². The molecule has 4 aliphatic rings. The van der Waals surface area contributed by atoms with Crippen LogP contribution >= 0.6 is 0 Å². The molecule has 0 aromatic heterocycles. The van der Waals surface area contributed by atoms with Crippen molar-refractivity contribution in [1.29, 1.82) is 0 Å². The molecule has 0 bridgehead atoms. The number of hydrogen-bond donors (Lipinski definition) is 0. The minimum atomic E-state index is -3.47. The van der Waals surface area contributed by atoms with Gasteiger partial charge in [-0.2, -0.15) is 0 Å². The van der Waals surface area contributed by atoms with Crippen molar-refractivity contribution in [3.63, 3.8) is 0 Å². The van der Waals surface area contributed by atoms with E-state index in [-0.39, 0.29) is 0 Å². The molecule has 1 nitrogen and oxygen atoms in total. The molecule has 0 atom stereocenters. The van der Waals surface area contributed by atoms with Gasteiger partial charge >= 0.3 is 373 Å². The van der Waals surface area contributed by atoms with Crippen LogP contribution in [0, 0.1) is 0 Å². The average Bonchev–Trinajstić information content (AvgIpc) is 4.03. The second kappa shape index (κ2) is 13.0. The van der Waals surface area contributed by atoms with Crippen LogP contribution in [-0.4, -0.2) is 13.3 Å². The molecule has 0 saturated carbocycles. The Balaban J connectivity index is 1.05. The maximum absolute atomic E-state index is 3.47. The Morgan fingerprint density at radius 2 is 0.651 bits per heavy atom. The monoisotopic (exact) mass is 859 g/mol. The third-order valence-electron chi connectivity index (χ3n) is 14.7. The van der Waals surface area contributed by atoms with E-state index in [1.165, 1.54) is 101 Å². The molecule has 0 unspecified atom stereocenters. The molecule has 292 valence electrons. The number of nitrogens with zero attached hydrogens (tertiary/aromatic N) is 1. The number of anilines is 3. The molecular formula is C61H39GeN. The number of benzene rings is 10. The fourth-order valence-electron chi connectivity index (χ4n) is 12.3. The van der Waals surface area contributed by atoms with Crippen molar-refractivity contribution < 1.29 is 0 Å². The Labute approximate surface area is 370 Å². The van der Waals surface area contributed by atoms with Crippen molar-refractivity contribution in [1.82, 2.24) is 0 Å². The van der Waals surface area contributed by atoms with Gasteiger partial charge < -0.3 is 0 Å². The van der Waals surface area contributed by atoms with E-state index in [4.69, 9.17) is 0 Å². The van der Waals surface area contributed by atoms with Crippen molar-refractivity contribution in [2.75, 3.05) is 4.90 Å². The van der Waals surface area contributed by atoms with Gasteiger partial charge in [-0.3, -0.25) is 0 Å². The first-order valence-electron chi connectivity index (χ1n) is 22.1. The van der Waals surface area contributed by atoms with Gasteiger partial charge in [-0.15, -0.1) is 0 Å². The van der Waals surface area contributed by atoms with Crippen molar-refractivity contribution in [3.8, 4) is 55.6 Å². The Bertz CT molecular complexity index is 3220. The number of rotatable bonds is 4. The SMILES string of the molecule is c1ccc(-c2cccc(N(c3ccc4c(c3)C3(c5ccccc5-c5ccccc53)c3ccccc3-4)c3ccc4[c](c3)[Ge]3([c]5ccccc5-c5cccc[c]53)[c]3ccccc3-4)c2)cc1. The van der Waals surface area contributed by atoms with E-state index in [0.717, 1.165) is 11.4 Å². The summed E-state index contributed by atoms with van der Waals surface area (Å²) >= 11 is -3.47. The van der Waals surface area contributed by atoms with Crippen LogP contribution in [0.2, 0.25) is 0 Å². The number of fused-ring (bicyclic) bond motifs is 20. The van der Waals surface area contributed by atoms with Crippen LogP contribution in [0.25, 0.3) is 55.6 Å². The summed E-state index contributed by atoms with van der Waals surface area (Å²) in [5.41, 5.74) is 21.6. The molecule has 2 heterocycles. The quantitative estimate of drug-likeness (QED) is 0.159. The molecular weight excluding hydrogens is 819 g/mol. The molecule has 0 N–H and O–H groups in total. The van der Waals surface area contributed by atoms with Crippen LogP contribution in [0.15, 0.2) is 237 Å². The molecule has 10 aromatic carbocycles. The van der Waals surface area contributed by atoms with Crippen LogP contribution < -0.4 is 22.5 Å². The fraction of sp³-hybridized carbons (Fsp3) is 0.0164. The zero-order valence-corrected chi connectivity index (χ0v) is 36.6. The molecule has 0 amide bonds. The zero-order valence-electron chi connectivity index (χ0n) is 34.5. The Morgan fingerprint density at radius 1 is 0.254 bits per heavy atom. The van der Waals surface area contributed by atoms with Gasteiger partial charge in [-0.1, -0.05) is 0 Å². The van der Waals surface area contributed by atoms with Crippen LogP contribution in [0.3, 0.4) is 0 Å². The summed E-state index contributed by atoms with van der Waals surface area (Å²) in [6, 6.07) is 89.9. The number of hydrogen-bond acceptors (Lipinski definition) is 1. The predicted octanol–water partition coefficient (Wildman–Crippen LogP) is 12.5. The van der Waals surface area contributed by atoms with E-state index >= 15 is 0 Å². The Morgan fingerprint density at radius 3 is 1.21 bits per heavy atom. The summed E-state index contributed by atoms with van der Waals surface area (Å²) in [6.45, 7) is 0. The summed E-state index contributed by atoms with van der Waals surface area (Å²) in [4.78, 5) is 2.54. The van der Waals surface area contributed by atoms with E-state index in [2.05, 4.69) is 241 Å². The van der Waals surface area contributed by atoms with Crippen molar-refractivity contribution in [2.45, 2.75) is 5.41 Å². The topological polar surface area (TPSA) is 3.24 Å². The molecule has 63 heavy (non-hydrogen) atoms. The molecule has 14 rings (SSSR count).